The van der Waals surface area contributed by atoms with Crippen molar-refractivity contribution >= 4 is 78.5 Å². The van der Waals surface area contributed by atoms with E-state index in [2.05, 4.69) is 182 Å². The molecule has 0 saturated carbocycles. The summed E-state index contributed by atoms with van der Waals surface area (Å²) in [5.74, 6) is 0.726. The van der Waals surface area contributed by atoms with E-state index in [1.165, 1.54) is 143 Å². The molecule has 0 N–H and O–H groups in total. The monoisotopic (exact) mass is 766 g/mol. The lowest BCUT2D eigenvalue weighted by molar-refractivity contribution is 0.877. The van der Waals surface area contributed by atoms with Crippen LogP contribution in [-0.2, 0) is 6.42 Å². The topological polar surface area (TPSA) is 0 Å². The van der Waals surface area contributed by atoms with E-state index in [0.29, 0.717) is 11.8 Å². The van der Waals surface area contributed by atoms with Crippen molar-refractivity contribution in [3.05, 3.63) is 163 Å². The Morgan fingerprint density at radius 2 is 0.797 bits per heavy atom. The minimum absolute atomic E-state index is 0.0937. The van der Waals surface area contributed by atoms with E-state index in [-0.39, 0.29) is 13.4 Å². The third-order valence-corrected chi connectivity index (χ3v) is 14.1. The lowest BCUT2D eigenvalue weighted by Crippen LogP contribution is -2.59. The summed E-state index contributed by atoms with van der Waals surface area (Å²) < 4.78 is 0. The first-order valence-electron chi connectivity index (χ1n) is 22.2. The van der Waals surface area contributed by atoms with Crippen LogP contribution in [-0.4, -0.2) is 13.4 Å². The normalized spacial score (nSPS) is 12.8. The molecule has 0 unspecified atom stereocenters. The van der Waals surface area contributed by atoms with E-state index < -0.39 is 0 Å². The fraction of sp³-hybridized carbons (Fsp3) is 0.298. The zero-order chi connectivity index (χ0) is 41.9. The van der Waals surface area contributed by atoms with Gasteiger partial charge in [-0.2, -0.15) is 0 Å². The Hall–Kier alpha value is -5.07. The van der Waals surface area contributed by atoms with Crippen LogP contribution in [0.25, 0.3) is 32.3 Å². The van der Waals surface area contributed by atoms with Crippen LogP contribution in [0.15, 0.2) is 84.9 Å². The number of benzene rings is 8. The lowest BCUT2D eigenvalue weighted by Gasteiger charge is -2.33. The average Bonchev–Trinajstić information content (AvgIpc) is 3.14. The maximum Gasteiger partial charge on any atom is 0.243 e. The van der Waals surface area contributed by atoms with Gasteiger partial charge in [0.1, 0.15) is 0 Å². The second-order valence-corrected chi connectivity index (χ2v) is 19.5. The SMILES string of the molecule is Cc1cc(C)c(B(c2c(C)cc(C)cc2C)c2cc(C(C)C)c3ccc4c(B5c6c(C)cc(C)cc6Cc6cc(C)cc(C)c65)cc(C(C)C)c5ccc2c3c45)c(C)c1. The van der Waals surface area contributed by atoms with Crippen molar-refractivity contribution in [2.45, 2.75) is 115 Å². The molecular formula is C57H60B2. The maximum absolute atomic E-state index is 2.62. The summed E-state index contributed by atoms with van der Waals surface area (Å²) in [6.45, 7) is 32.9. The van der Waals surface area contributed by atoms with Gasteiger partial charge >= 0.3 is 0 Å². The molecule has 1 heterocycles. The van der Waals surface area contributed by atoms with E-state index in [1.54, 1.807) is 0 Å². The van der Waals surface area contributed by atoms with Crippen molar-refractivity contribution in [1.82, 2.24) is 0 Å². The van der Waals surface area contributed by atoms with Crippen LogP contribution in [0.3, 0.4) is 0 Å². The third kappa shape index (κ3) is 6.19. The van der Waals surface area contributed by atoms with E-state index in [0.717, 1.165) is 6.42 Å². The van der Waals surface area contributed by atoms with Gasteiger partial charge in [-0.15, -0.1) is 0 Å². The molecule has 0 spiro atoms. The summed E-state index contributed by atoms with van der Waals surface area (Å²) in [5, 5.41) is 8.49. The largest absolute Gasteiger partial charge is 0.243 e. The summed E-state index contributed by atoms with van der Waals surface area (Å²) in [4.78, 5) is 0. The molecule has 1 aliphatic rings. The molecule has 0 saturated heterocycles. The van der Waals surface area contributed by atoms with E-state index >= 15 is 0 Å². The minimum atomic E-state index is 0.0937. The fourth-order valence-corrected chi connectivity index (χ4v) is 12.2. The van der Waals surface area contributed by atoms with Gasteiger partial charge in [0.25, 0.3) is 0 Å². The van der Waals surface area contributed by atoms with Gasteiger partial charge in [-0.3, -0.25) is 0 Å². The summed E-state index contributed by atoms with van der Waals surface area (Å²) in [5.41, 5.74) is 28.4. The molecule has 294 valence electrons. The predicted molar refractivity (Wildman–Crippen MR) is 264 cm³/mol. The van der Waals surface area contributed by atoms with Gasteiger partial charge in [-0.1, -0.05) is 201 Å². The quantitative estimate of drug-likeness (QED) is 0.117. The molecule has 2 heteroatoms. The first-order valence-corrected chi connectivity index (χ1v) is 22.2. The maximum atomic E-state index is 2.62. The van der Waals surface area contributed by atoms with E-state index in [1.807, 2.05) is 0 Å². The summed E-state index contributed by atoms with van der Waals surface area (Å²) >= 11 is 0. The molecule has 59 heavy (non-hydrogen) atoms. The fourth-order valence-electron chi connectivity index (χ4n) is 12.2. The van der Waals surface area contributed by atoms with Crippen LogP contribution in [0.4, 0.5) is 0 Å². The van der Waals surface area contributed by atoms with Crippen molar-refractivity contribution in [3.63, 3.8) is 0 Å². The zero-order valence-corrected chi connectivity index (χ0v) is 38.1. The zero-order valence-electron chi connectivity index (χ0n) is 38.1. The Morgan fingerprint density at radius 1 is 0.424 bits per heavy atom. The summed E-state index contributed by atoms with van der Waals surface area (Å²) in [6.07, 6.45) is 0.993. The molecule has 0 aromatic heterocycles. The molecule has 9 rings (SSSR count). The second kappa shape index (κ2) is 14.3. The number of hydrogen-bond donors (Lipinski definition) is 0. The number of aryl methyl sites for hydroxylation is 10. The summed E-state index contributed by atoms with van der Waals surface area (Å²) in [7, 11) is 0. The smallest absolute Gasteiger partial charge is 0.0629 e. The van der Waals surface area contributed by atoms with Gasteiger partial charge in [0.2, 0.25) is 13.4 Å². The molecule has 0 atom stereocenters. The Labute approximate surface area is 355 Å². The molecule has 8 aromatic carbocycles. The molecule has 0 bridgehead atoms. The van der Waals surface area contributed by atoms with Crippen molar-refractivity contribution in [2.24, 2.45) is 0 Å². The van der Waals surface area contributed by atoms with Gasteiger partial charge in [0, 0.05) is 0 Å². The van der Waals surface area contributed by atoms with Crippen molar-refractivity contribution < 1.29 is 0 Å². The molecule has 0 fully saturated rings. The molecule has 8 aromatic rings. The van der Waals surface area contributed by atoms with Crippen LogP contribution in [0.2, 0.25) is 0 Å². The van der Waals surface area contributed by atoms with Crippen LogP contribution in [0, 0.1) is 69.2 Å². The Morgan fingerprint density at radius 3 is 1.25 bits per heavy atom. The van der Waals surface area contributed by atoms with Crippen molar-refractivity contribution in [3.8, 4) is 0 Å². The molecule has 0 aliphatic carbocycles. The Balaban J connectivity index is 1.47. The van der Waals surface area contributed by atoms with Gasteiger partial charge in [-0.25, -0.2) is 0 Å². The van der Waals surface area contributed by atoms with E-state index in [9.17, 15) is 0 Å². The molecule has 0 nitrogen and oxygen atoms in total. The minimum Gasteiger partial charge on any atom is -0.0629 e. The average molecular weight is 767 g/mol. The highest BCUT2D eigenvalue weighted by Crippen LogP contribution is 2.40. The van der Waals surface area contributed by atoms with Crippen molar-refractivity contribution in [1.29, 1.82) is 0 Å². The number of fused-ring (bicyclic) bond motifs is 2. The van der Waals surface area contributed by atoms with Gasteiger partial charge in [0.05, 0.1) is 0 Å². The van der Waals surface area contributed by atoms with Crippen molar-refractivity contribution in [2.75, 3.05) is 0 Å². The second-order valence-electron chi connectivity index (χ2n) is 19.5. The highest BCUT2D eigenvalue weighted by molar-refractivity contribution is 6.99. The van der Waals surface area contributed by atoms with E-state index in [4.69, 9.17) is 0 Å². The molecule has 1 aliphatic heterocycles. The Bertz CT molecular complexity index is 2870. The molecule has 0 amide bonds. The van der Waals surface area contributed by atoms with Crippen LogP contribution >= 0.6 is 0 Å². The number of hydrogen-bond acceptors (Lipinski definition) is 0. The highest BCUT2D eigenvalue weighted by Gasteiger charge is 2.37. The predicted octanol–water partition coefficient (Wildman–Crippen LogP) is 10.9. The van der Waals surface area contributed by atoms with Crippen LogP contribution < -0.4 is 32.8 Å². The van der Waals surface area contributed by atoms with Crippen LogP contribution in [0.5, 0.6) is 0 Å². The van der Waals surface area contributed by atoms with Gasteiger partial charge < -0.3 is 0 Å². The third-order valence-electron chi connectivity index (χ3n) is 14.1. The molecule has 0 radical (unpaired) electrons. The summed E-state index contributed by atoms with van der Waals surface area (Å²) in [6, 6.07) is 34.7. The van der Waals surface area contributed by atoms with Gasteiger partial charge in [-0.05, 0) is 142 Å². The lowest BCUT2D eigenvalue weighted by atomic mass is 9.31. The standard InChI is InChI=1S/C57H60B2/c1-30(2)48-28-50(58(54-36(9)19-32(5)20-37(54)10)55-38(11)21-33(6)22-39(55)12)46-17-15-45-49(31(3)4)29-51(47-18-16-44(48)52(46)53(45)47)59-56-40(13)23-34(7)25-42(56)27-43-26-35(8)24-41(14)57(43)59/h15-26,28-31H,27H2,1-14H3. The first kappa shape index (κ1) is 39.4. The van der Waals surface area contributed by atoms with Gasteiger partial charge in [0.15, 0.2) is 0 Å². The highest BCUT2D eigenvalue weighted by atomic mass is 14.3. The van der Waals surface area contributed by atoms with Crippen LogP contribution in [0.1, 0.15) is 117 Å². The number of rotatable bonds is 6. The first-order chi connectivity index (χ1) is 28.0. The molecular weight excluding hydrogens is 706 g/mol. The Kier molecular flexibility index (Phi) is 9.54.